The fourth-order valence-electron chi connectivity index (χ4n) is 7.90. The second kappa shape index (κ2) is 20.2. The zero-order valence-corrected chi connectivity index (χ0v) is 32.3. The zero-order valence-electron chi connectivity index (χ0n) is 31.5. The van der Waals surface area contributed by atoms with Gasteiger partial charge in [-0.1, -0.05) is 81.7 Å². The van der Waals surface area contributed by atoms with Crippen LogP contribution in [0.25, 0.3) is 0 Å². The summed E-state index contributed by atoms with van der Waals surface area (Å²) < 4.78 is 0. The Kier molecular flexibility index (Phi) is 16.1. The molecule has 2 aliphatic rings. The molecule has 4 rings (SSSR count). The monoisotopic (exact) mass is 739 g/mol. The van der Waals surface area contributed by atoms with Crippen molar-refractivity contribution in [2.45, 2.75) is 140 Å². The molecule has 1 unspecified atom stereocenters. The van der Waals surface area contributed by atoms with Crippen LogP contribution in [0, 0.1) is 17.8 Å². The maximum atomic E-state index is 14.3. The van der Waals surface area contributed by atoms with Crippen molar-refractivity contribution in [3.63, 3.8) is 0 Å². The van der Waals surface area contributed by atoms with Gasteiger partial charge in [0.1, 0.15) is 6.04 Å². The number of amides is 4. The summed E-state index contributed by atoms with van der Waals surface area (Å²) >= 11 is 1.39. The van der Waals surface area contributed by atoms with Crippen LogP contribution < -0.4 is 16.0 Å². The van der Waals surface area contributed by atoms with Crippen molar-refractivity contribution in [2.24, 2.45) is 17.8 Å². The third-order valence-corrected chi connectivity index (χ3v) is 11.8. The number of thiazole rings is 1. The second-order valence-corrected chi connectivity index (χ2v) is 16.3. The first-order valence-corrected chi connectivity index (χ1v) is 20.2. The van der Waals surface area contributed by atoms with E-state index >= 15 is 0 Å². The van der Waals surface area contributed by atoms with Gasteiger partial charge in [0, 0.05) is 38.4 Å². The van der Waals surface area contributed by atoms with Gasteiger partial charge in [0.05, 0.1) is 40.8 Å². The first-order chi connectivity index (χ1) is 24.8. The van der Waals surface area contributed by atoms with Crippen LogP contribution in [-0.4, -0.2) is 87.7 Å². The van der Waals surface area contributed by atoms with E-state index in [1.54, 1.807) is 10.4 Å². The SMILES string of the molecule is CNC(=O)[C@@H](C[C@H](O)[C@H](CC1CCCCC1)NC(=O)[C@H](Cc1cscn1)NC(=O)C(CC(=O)N(C)C1CCCCC1)Cc1ccccc1)C(C)(C)O. The van der Waals surface area contributed by atoms with Crippen LogP contribution in [0.15, 0.2) is 41.2 Å². The smallest absolute Gasteiger partial charge is 0.243 e. The number of hydrogen-bond donors (Lipinski definition) is 5. The number of aliphatic hydroxyl groups is 2. The lowest BCUT2D eigenvalue weighted by atomic mass is 9.80. The molecule has 2 saturated carbocycles. The van der Waals surface area contributed by atoms with Gasteiger partial charge in [0.2, 0.25) is 23.6 Å². The van der Waals surface area contributed by atoms with Crippen LogP contribution in [0.3, 0.4) is 0 Å². The van der Waals surface area contributed by atoms with E-state index in [4.69, 9.17) is 0 Å². The highest BCUT2D eigenvalue weighted by Crippen LogP contribution is 2.31. The molecule has 2 fully saturated rings. The van der Waals surface area contributed by atoms with Gasteiger partial charge in [-0.15, -0.1) is 11.3 Å². The molecule has 0 bridgehead atoms. The molecule has 2 aromatic rings. The van der Waals surface area contributed by atoms with Crippen LogP contribution >= 0.6 is 11.3 Å². The number of nitrogens with one attached hydrogen (secondary N) is 3. The van der Waals surface area contributed by atoms with Crippen LogP contribution in [0.2, 0.25) is 0 Å². The standard InChI is InChI=1S/C40H61N5O6S/c1-40(2,51)32(38(49)41-3)24-35(46)33(21-28-16-10-6-11-17-28)43-39(50)34(23-30-25-52-26-42-30)44-37(48)29(20-27-14-8-5-9-15-27)22-36(47)45(4)31-18-12-7-13-19-31/h5,8-9,14-15,25-26,28-29,31-35,46,51H,6-7,10-13,16-24H2,1-4H3,(H,41,49)(H,43,50)(H,44,48)/t29?,32-,33+,34+,35+/m1/s1. The topological polar surface area (TPSA) is 161 Å². The number of aliphatic hydroxyl groups excluding tert-OH is 1. The molecule has 288 valence electrons. The van der Waals surface area contributed by atoms with E-state index < -0.39 is 53.3 Å². The lowest BCUT2D eigenvalue weighted by Gasteiger charge is -2.35. The van der Waals surface area contributed by atoms with Crippen molar-refractivity contribution in [1.29, 1.82) is 0 Å². The average Bonchev–Trinajstić information content (AvgIpc) is 3.66. The molecule has 1 aromatic heterocycles. The van der Waals surface area contributed by atoms with Gasteiger partial charge in [-0.3, -0.25) is 19.2 Å². The number of carbonyl (C=O) groups excluding carboxylic acids is 4. The number of rotatable bonds is 18. The van der Waals surface area contributed by atoms with Gasteiger partial charge in [0.15, 0.2) is 0 Å². The summed E-state index contributed by atoms with van der Waals surface area (Å²) in [6.07, 6.45) is 10.3. The van der Waals surface area contributed by atoms with Gasteiger partial charge in [0.25, 0.3) is 0 Å². The minimum Gasteiger partial charge on any atom is -0.391 e. The lowest BCUT2D eigenvalue weighted by molar-refractivity contribution is -0.138. The highest BCUT2D eigenvalue weighted by molar-refractivity contribution is 7.07. The Labute approximate surface area is 313 Å². The van der Waals surface area contributed by atoms with E-state index in [9.17, 15) is 29.4 Å². The minimum absolute atomic E-state index is 0.0135. The summed E-state index contributed by atoms with van der Waals surface area (Å²) in [6.45, 7) is 3.08. The molecule has 0 saturated heterocycles. The number of benzene rings is 1. The predicted octanol–water partition coefficient (Wildman–Crippen LogP) is 4.55. The average molecular weight is 740 g/mol. The zero-order chi connectivity index (χ0) is 37.7. The van der Waals surface area contributed by atoms with Crippen LogP contribution in [0.4, 0.5) is 0 Å². The summed E-state index contributed by atoms with van der Waals surface area (Å²) in [6, 6.07) is 8.02. The van der Waals surface area contributed by atoms with Crippen molar-refractivity contribution >= 4 is 35.0 Å². The van der Waals surface area contributed by atoms with Gasteiger partial charge in [-0.05, 0) is 57.4 Å². The van der Waals surface area contributed by atoms with Crippen LogP contribution in [0.1, 0.15) is 109 Å². The van der Waals surface area contributed by atoms with Gasteiger partial charge in [-0.2, -0.15) is 0 Å². The summed E-state index contributed by atoms with van der Waals surface area (Å²) in [4.78, 5) is 61.1. The number of aromatic nitrogens is 1. The Hall–Kier alpha value is -3.35. The summed E-state index contributed by atoms with van der Waals surface area (Å²) in [7, 11) is 3.33. The molecule has 5 atom stereocenters. The molecule has 1 heterocycles. The van der Waals surface area contributed by atoms with Gasteiger partial charge >= 0.3 is 0 Å². The first kappa shape index (κ1) is 41.4. The van der Waals surface area contributed by atoms with Gasteiger partial charge in [-0.25, -0.2) is 4.98 Å². The molecule has 52 heavy (non-hydrogen) atoms. The fourth-order valence-corrected chi connectivity index (χ4v) is 8.47. The normalized spacial score (nSPS) is 18.7. The van der Waals surface area contributed by atoms with E-state index in [0.717, 1.165) is 63.4 Å². The predicted molar refractivity (Wildman–Crippen MR) is 203 cm³/mol. The highest BCUT2D eigenvalue weighted by atomic mass is 32.1. The largest absolute Gasteiger partial charge is 0.391 e. The van der Waals surface area contributed by atoms with E-state index in [1.165, 1.54) is 38.7 Å². The Morgan fingerprint density at radius 1 is 0.923 bits per heavy atom. The van der Waals surface area contributed by atoms with E-state index in [0.29, 0.717) is 18.5 Å². The Bertz CT molecular complexity index is 1410. The molecular weight excluding hydrogens is 679 g/mol. The number of hydrogen-bond acceptors (Lipinski definition) is 8. The summed E-state index contributed by atoms with van der Waals surface area (Å²) in [5, 5.41) is 33.0. The van der Waals surface area contributed by atoms with Crippen molar-refractivity contribution in [3.05, 3.63) is 52.5 Å². The lowest BCUT2D eigenvalue weighted by Crippen LogP contribution is -2.56. The number of carbonyl (C=O) groups is 4. The molecule has 4 amide bonds. The molecule has 11 nitrogen and oxygen atoms in total. The summed E-state index contributed by atoms with van der Waals surface area (Å²) in [5.74, 6) is -2.68. The fraction of sp³-hybridized carbons (Fsp3) is 0.675. The van der Waals surface area contributed by atoms with Crippen LogP contribution in [-0.2, 0) is 32.0 Å². The quantitative estimate of drug-likeness (QED) is 0.150. The van der Waals surface area contributed by atoms with Gasteiger partial charge < -0.3 is 31.1 Å². The number of nitrogens with zero attached hydrogens (tertiary/aromatic N) is 2. The molecule has 1 aromatic carbocycles. The summed E-state index contributed by atoms with van der Waals surface area (Å²) in [5.41, 5.74) is 1.83. The van der Waals surface area contributed by atoms with E-state index in [2.05, 4.69) is 20.9 Å². The molecular formula is C40H61N5O6S. The molecule has 0 spiro atoms. The minimum atomic E-state index is -1.40. The van der Waals surface area contributed by atoms with Crippen molar-refractivity contribution in [3.8, 4) is 0 Å². The van der Waals surface area contributed by atoms with E-state index in [1.807, 2.05) is 42.8 Å². The van der Waals surface area contributed by atoms with Crippen molar-refractivity contribution < 1.29 is 29.4 Å². The first-order valence-electron chi connectivity index (χ1n) is 19.2. The van der Waals surface area contributed by atoms with Crippen LogP contribution in [0.5, 0.6) is 0 Å². The highest BCUT2D eigenvalue weighted by Gasteiger charge is 2.38. The Morgan fingerprint density at radius 2 is 1.58 bits per heavy atom. The molecule has 12 heteroatoms. The molecule has 2 aliphatic carbocycles. The van der Waals surface area contributed by atoms with Crippen molar-refractivity contribution in [2.75, 3.05) is 14.1 Å². The third kappa shape index (κ3) is 12.7. The maximum Gasteiger partial charge on any atom is 0.243 e. The molecule has 0 radical (unpaired) electrons. The Balaban J connectivity index is 1.57. The molecule has 5 N–H and O–H groups in total. The van der Waals surface area contributed by atoms with E-state index in [-0.39, 0.29) is 37.1 Å². The molecule has 0 aliphatic heterocycles. The Morgan fingerprint density at radius 3 is 2.17 bits per heavy atom. The second-order valence-electron chi connectivity index (χ2n) is 15.6. The van der Waals surface area contributed by atoms with Crippen molar-refractivity contribution in [1.82, 2.24) is 25.8 Å². The maximum absolute atomic E-state index is 14.3. The third-order valence-electron chi connectivity index (χ3n) is 11.2.